The van der Waals surface area contributed by atoms with Gasteiger partial charge in [-0.2, -0.15) is 0 Å². The molecule has 0 bridgehead atoms. The Bertz CT molecular complexity index is 322. The van der Waals surface area contributed by atoms with E-state index in [1.165, 1.54) is 4.88 Å². The standard InChI is InChI=1S/C8H9ClN2S2/c9-6-1-4-12-7(6)5-13-8-10-2-3-11-8/h1,4H,2-3,5H2,(H,10,11). The third kappa shape index (κ3) is 2.39. The van der Waals surface area contributed by atoms with Crippen LogP contribution < -0.4 is 5.32 Å². The fourth-order valence-electron chi connectivity index (χ4n) is 1.03. The molecule has 0 unspecified atom stereocenters. The predicted molar refractivity (Wildman–Crippen MR) is 60.9 cm³/mol. The molecule has 0 saturated heterocycles. The van der Waals surface area contributed by atoms with Crippen LogP contribution in [0.15, 0.2) is 16.4 Å². The fraction of sp³-hybridized carbons (Fsp3) is 0.375. The zero-order valence-electron chi connectivity index (χ0n) is 6.92. The molecule has 2 rings (SSSR count). The van der Waals surface area contributed by atoms with Gasteiger partial charge in [-0.3, -0.25) is 4.99 Å². The molecule has 1 aliphatic heterocycles. The highest BCUT2D eigenvalue weighted by molar-refractivity contribution is 8.13. The van der Waals surface area contributed by atoms with E-state index in [-0.39, 0.29) is 0 Å². The van der Waals surface area contributed by atoms with Crippen molar-refractivity contribution in [2.75, 3.05) is 13.1 Å². The monoisotopic (exact) mass is 232 g/mol. The summed E-state index contributed by atoms with van der Waals surface area (Å²) in [5.41, 5.74) is 0. The molecule has 0 saturated carbocycles. The van der Waals surface area contributed by atoms with Crippen LogP contribution in [0.1, 0.15) is 4.88 Å². The molecule has 0 aliphatic carbocycles. The first-order chi connectivity index (χ1) is 6.36. The van der Waals surface area contributed by atoms with Gasteiger partial charge in [0.1, 0.15) is 0 Å². The molecule has 2 heterocycles. The number of aliphatic imine (C=N–C) groups is 1. The lowest BCUT2D eigenvalue weighted by Crippen LogP contribution is -2.14. The van der Waals surface area contributed by atoms with E-state index in [1.54, 1.807) is 23.1 Å². The van der Waals surface area contributed by atoms with E-state index in [0.29, 0.717) is 0 Å². The van der Waals surface area contributed by atoms with Crippen LogP contribution in [0.5, 0.6) is 0 Å². The summed E-state index contributed by atoms with van der Waals surface area (Å²) >= 11 is 9.38. The Labute approximate surface area is 90.4 Å². The Morgan fingerprint density at radius 1 is 1.69 bits per heavy atom. The molecular weight excluding hydrogens is 224 g/mol. The lowest BCUT2D eigenvalue weighted by molar-refractivity contribution is 0.963. The molecule has 0 amide bonds. The highest BCUT2D eigenvalue weighted by atomic mass is 35.5. The fourth-order valence-corrected chi connectivity index (χ4v) is 3.26. The summed E-state index contributed by atoms with van der Waals surface area (Å²) in [6, 6.07) is 1.94. The van der Waals surface area contributed by atoms with Crippen molar-refractivity contribution in [2.45, 2.75) is 5.75 Å². The van der Waals surface area contributed by atoms with Crippen molar-refractivity contribution < 1.29 is 0 Å². The Kier molecular flexibility index (Phi) is 3.14. The van der Waals surface area contributed by atoms with Crippen LogP contribution in [-0.4, -0.2) is 18.3 Å². The zero-order chi connectivity index (χ0) is 9.10. The quantitative estimate of drug-likeness (QED) is 0.848. The maximum absolute atomic E-state index is 5.96. The van der Waals surface area contributed by atoms with Crippen LogP contribution in [-0.2, 0) is 5.75 Å². The second kappa shape index (κ2) is 4.35. The van der Waals surface area contributed by atoms with Gasteiger partial charge in [-0.05, 0) is 11.4 Å². The second-order valence-corrected chi connectivity index (χ2v) is 4.97. The molecule has 2 nitrogen and oxygen atoms in total. The Balaban J connectivity index is 1.89. The van der Waals surface area contributed by atoms with E-state index < -0.39 is 0 Å². The van der Waals surface area contributed by atoms with E-state index in [1.807, 2.05) is 11.4 Å². The number of thiophene rings is 1. The van der Waals surface area contributed by atoms with Crippen molar-refractivity contribution in [3.63, 3.8) is 0 Å². The van der Waals surface area contributed by atoms with Gasteiger partial charge in [-0.1, -0.05) is 23.4 Å². The summed E-state index contributed by atoms with van der Waals surface area (Å²) in [6.07, 6.45) is 0. The summed E-state index contributed by atoms with van der Waals surface area (Å²) < 4.78 is 0. The van der Waals surface area contributed by atoms with E-state index in [9.17, 15) is 0 Å². The largest absolute Gasteiger partial charge is 0.363 e. The number of rotatable bonds is 2. The molecule has 1 aliphatic rings. The number of nitrogens with one attached hydrogen (secondary N) is 1. The normalized spacial score (nSPS) is 15.6. The van der Waals surface area contributed by atoms with E-state index in [4.69, 9.17) is 11.6 Å². The van der Waals surface area contributed by atoms with Gasteiger partial charge >= 0.3 is 0 Å². The molecule has 13 heavy (non-hydrogen) atoms. The van der Waals surface area contributed by atoms with Gasteiger partial charge in [-0.25, -0.2) is 0 Å². The lowest BCUT2D eigenvalue weighted by Gasteiger charge is -1.99. The van der Waals surface area contributed by atoms with E-state index in [0.717, 1.165) is 29.0 Å². The van der Waals surface area contributed by atoms with Gasteiger partial charge in [0, 0.05) is 17.2 Å². The Hall–Kier alpha value is -0.190. The number of amidine groups is 1. The first kappa shape index (κ1) is 9.37. The maximum atomic E-state index is 5.96. The third-order valence-electron chi connectivity index (χ3n) is 1.67. The minimum absolute atomic E-state index is 0.871. The predicted octanol–water partition coefficient (Wildman–Crippen LogP) is 2.59. The van der Waals surface area contributed by atoms with Crippen LogP contribution in [0, 0.1) is 0 Å². The van der Waals surface area contributed by atoms with Crippen LogP contribution in [0.4, 0.5) is 0 Å². The highest BCUT2D eigenvalue weighted by Gasteiger charge is 2.07. The van der Waals surface area contributed by atoms with Crippen molar-refractivity contribution in [3.8, 4) is 0 Å². The zero-order valence-corrected chi connectivity index (χ0v) is 9.31. The molecular formula is C8H9ClN2S2. The van der Waals surface area contributed by atoms with Crippen molar-refractivity contribution in [3.05, 3.63) is 21.3 Å². The van der Waals surface area contributed by atoms with Crippen LogP contribution in [0.3, 0.4) is 0 Å². The number of hydrogen-bond acceptors (Lipinski definition) is 4. The van der Waals surface area contributed by atoms with Gasteiger partial charge in [-0.15, -0.1) is 11.3 Å². The van der Waals surface area contributed by atoms with Crippen LogP contribution in [0.25, 0.3) is 0 Å². The topological polar surface area (TPSA) is 24.4 Å². The second-order valence-electron chi connectivity index (χ2n) is 2.59. The van der Waals surface area contributed by atoms with Gasteiger partial charge in [0.2, 0.25) is 0 Å². The van der Waals surface area contributed by atoms with Crippen molar-refractivity contribution in [1.29, 1.82) is 0 Å². The molecule has 1 aromatic heterocycles. The Morgan fingerprint density at radius 2 is 2.62 bits per heavy atom. The molecule has 0 atom stereocenters. The first-order valence-corrected chi connectivity index (χ1v) is 6.23. The summed E-state index contributed by atoms with van der Waals surface area (Å²) in [6.45, 7) is 1.88. The summed E-state index contributed by atoms with van der Waals surface area (Å²) in [4.78, 5) is 5.52. The molecule has 0 spiro atoms. The molecule has 1 N–H and O–H groups in total. The summed E-state index contributed by atoms with van der Waals surface area (Å²) in [5.74, 6) is 0.919. The average Bonchev–Trinajstić information content (AvgIpc) is 2.72. The first-order valence-electron chi connectivity index (χ1n) is 3.99. The smallest absolute Gasteiger partial charge is 0.157 e. The van der Waals surface area contributed by atoms with Crippen molar-refractivity contribution >= 4 is 39.9 Å². The van der Waals surface area contributed by atoms with Crippen LogP contribution >= 0.6 is 34.7 Å². The SMILES string of the molecule is Clc1ccsc1CSC1=NCCN1. The van der Waals surface area contributed by atoms with E-state index >= 15 is 0 Å². The van der Waals surface area contributed by atoms with E-state index in [2.05, 4.69) is 10.3 Å². The van der Waals surface area contributed by atoms with Crippen molar-refractivity contribution in [1.82, 2.24) is 5.32 Å². The summed E-state index contributed by atoms with van der Waals surface area (Å²) in [5, 5.41) is 7.15. The minimum Gasteiger partial charge on any atom is -0.363 e. The molecule has 0 radical (unpaired) electrons. The lowest BCUT2D eigenvalue weighted by atomic mass is 10.5. The number of halogens is 1. The Morgan fingerprint density at radius 3 is 3.23 bits per heavy atom. The maximum Gasteiger partial charge on any atom is 0.157 e. The molecule has 1 aromatic rings. The van der Waals surface area contributed by atoms with Gasteiger partial charge < -0.3 is 5.32 Å². The third-order valence-corrected chi connectivity index (χ3v) is 4.22. The van der Waals surface area contributed by atoms with Gasteiger partial charge in [0.25, 0.3) is 0 Å². The minimum atomic E-state index is 0.871. The number of nitrogens with zero attached hydrogens (tertiary/aromatic N) is 1. The molecule has 0 aromatic carbocycles. The number of thioether (sulfide) groups is 1. The molecule has 0 fully saturated rings. The van der Waals surface area contributed by atoms with Gasteiger partial charge in [0.05, 0.1) is 11.6 Å². The summed E-state index contributed by atoms with van der Waals surface area (Å²) in [7, 11) is 0. The van der Waals surface area contributed by atoms with Gasteiger partial charge in [0.15, 0.2) is 5.17 Å². The highest BCUT2D eigenvalue weighted by Crippen LogP contribution is 2.26. The van der Waals surface area contributed by atoms with Crippen molar-refractivity contribution in [2.24, 2.45) is 4.99 Å². The van der Waals surface area contributed by atoms with Crippen LogP contribution in [0.2, 0.25) is 5.02 Å². The number of hydrogen-bond donors (Lipinski definition) is 1. The average molecular weight is 233 g/mol. The molecule has 70 valence electrons. The molecule has 5 heteroatoms.